The Kier molecular flexibility index (Phi) is 5.19. The molecule has 0 radical (unpaired) electrons. The first kappa shape index (κ1) is 18.1. The molecular formula is C22H29N3O2. The fourth-order valence-electron chi connectivity index (χ4n) is 4.54. The lowest BCUT2D eigenvalue weighted by molar-refractivity contribution is -0.141. The summed E-state index contributed by atoms with van der Waals surface area (Å²) in [7, 11) is 0. The summed E-state index contributed by atoms with van der Waals surface area (Å²) in [6.45, 7) is 5.65. The molecule has 2 aliphatic heterocycles. The van der Waals surface area contributed by atoms with Crippen LogP contribution in [0, 0.1) is 12.8 Å². The maximum Gasteiger partial charge on any atom is 0.242 e. The van der Waals surface area contributed by atoms with Crippen molar-refractivity contribution >= 4 is 22.7 Å². The molecule has 5 heteroatoms. The van der Waals surface area contributed by atoms with Gasteiger partial charge in [-0.3, -0.25) is 9.59 Å². The molecule has 0 unspecified atom stereocenters. The molecule has 2 fully saturated rings. The van der Waals surface area contributed by atoms with E-state index in [1.165, 1.54) is 11.8 Å². The van der Waals surface area contributed by atoms with Crippen LogP contribution in [0.25, 0.3) is 10.9 Å². The van der Waals surface area contributed by atoms with E-state index in [1.807, 2.05) is 21.9 Å². The van der Waals surface area contributed by atoms with Crippen molar-refractivity contribution in [1.29, 1.82) is 0 Å². The van der Waals surface area contributed by atoms with Crippen molar-refractivity contribution in [1.82, 2.24) is 14.4 Å². The van der Waals surface area contributed by atoms with E-state index in [1.54, 1.807) is 0 Å². The second-order valence-corrected chi connectivity index (χ2v) is 7.97. The van der Waals surface area contributed by atoms with E-state index in [9.17, 15) is 9.59 Å². The molecular weight excluding hydrogens is 338 g/mol. The minimum Gasteiger partial charge on any atom is -0.342 e. The van der Waals surface area contributed by atoms with Crippen LogP contribution in [0.5, 0.6) is 0 Å². The predicted molar refractivity (Wildman–Crippen MR) is 106 cm³/mol. The molecule has 5 nitrogen and oxygen atoms in total. The van der Waals surface area contributed by atoms with E-state index in [0.29, 0.717) is 25.5 Å². The summed E-state index contributed by atoms with van der Waals surface area (Å²) >= 11 is 0. The zero-order chi connectivity index (χ0) is 18.8. The largest absolute Gasteiger partial charge is 0.342 e. The van der Waals surface area contributed by atoms with Crippen molar-refractivity contribution in [3.05, 3.63) is 36.0 Å². The number of amides is 2. The lowest BCUT2D eigenvalue weighted by Gasteiger charge is -2.35. The van der Waals surface area contributed by atoms with Crippen molar-refractivity contribution < 1.29 is 9.59 Å². The number of likely N-dealkylation sites (tertiary alicyclic amines) is 2. The molecule has 2 aromatic rings. The molecule has 27 heavy (non-hydrogen) atoms. The molecule has 0 aliphatic carbocycles. The zero-order valence-corrected chi connectivity index (χ0v) is 16.2. The van der Waals surface area contributed by atoms with Crippen molar-refractivity contribution in [3.8, 4) is 0 Å². The number of fused-ring (bicyclic) bond motifs is 1. The highest BCUT2D eigenvalue weighted by Crippen LogP contribution is 2.23. The maximum atomic E-state index is 12.8. The van der Waals surface area contributed by atoms with Gasteiger partial charge in [-0.15, -0.1) is 0 Å². The third-order valence-corrected chi connectivity index (χ3v) is 6.18. The topological polar surface area (TPSA) is 45.6 Å². The van der Waals surface area contributed by atoms with Crippen LogP contribution >= 0.6 is 0 Å². The minimum absolute atomic E-state index is 0.0984. The number of piperidine rings is 2. The number of carbonyl (C=O) groups excluding carboxylic acids is 2. The highest BCUT2D eigenvalue weighted by molar-refractivity contribution is 5.84. The number of hydrogen-bond donors (Lipinski definition) is 0. The Morgan fingerprint density at radius 1 is 0.963 bits per heavy atom. The van der Waals surface area contributed by atoms with Gasteiger partial charge in [0, 0.05) is 43.3 Å². The van der Waals surface area contributed by atoms with Gasteiger partial charge >= 0.3 is 0 Å². The first-order valence-electron chi connectivity index (χ1n) is 10.2. The van der Waals surface area contributed by atoms with Gasteiger partial charge < -0.3 is 14.4 Å². The average Bonchev–Trinajstić information content (AvgIpc) is 3.03. The van der Waals surface area contributed by atoms with Crippen LogP contribution in [0.4, 0.5) is 0 Å². The molecule has 2 amide bonds. The van der Waals surface area contributed by atoms with Crippen LogP contribution in [0.15, 0.2) is 30.3 Å². The molecule has 2 saturated heterocycles. The SMILES string of the molecule is Cc1cc2ccccc2n1CC(=O)N1CCC(C(=O)N2CCCCC2)CC1. The van der Waals surface area contributed by atoms with Crippen LogP contribution in [0.3, 0.4) is 0 Å². The quantitative estimate of drug-likeness (QED) is 0.836. The fourth-order valence-corrected chi connectivity index (χ4v) is 4.54. The second-order valence-electron chi connectivity index (χ2n) is 7.97. The third kappa shape index (κ3) is 3.73. The van der Waals surface area contributed by atoms with Crippen LogP contribution in [0.2, 0.25) is 0 Å². The standard InChI is InChI=1S/C22H29N3O2/c1-17-15-19-7-3-4-8-20(19)25(17)16-21(26)23-13-9-18(10-14-23)22(27)24-11-5-2-6-12-24/h3-4,7-8,15,18H,2,5-6,9-14,16H2,1H3. The summed E-state index contributed by atoms with van der Waals surface area (Å²) in [4.78, 5) is 29.5. The Balaban J connectivity index is 1.36. The van der Waals surface area contributed by atoms with Crippen molar-refractivity contribution in [2.75, 3.05) is 26.2 Å². The highest BCUT2D eigenvalue weighted by atomic mass is 16.2. The zero-order valence-electron chi connectivity index (χ0n) is 16.2. The first-order chi connectivity index (χ1) is 13.1. The van der Waals surface area contributed by atoms with Gasteiger partial charge in [0.2, 0.25) is 11.8 Å². The number of nitrogens with zero attached hydrogens (tertiary/aromatic N) is 3. The molecule has 0 N–H and O–H groups in total. The summed E-state index contributed by atoms with van der Waals surface area (Å²) in [6.07, 6.45) is 5.10. The summed E-state index contributed by atoms with van der Waals surface area (Å²) in [5, 5.41) is 1.17. The van der Waals surface area contributed by atoms with Gasteiger partial charge in [-0.2, -0.15) is 0 Å². The van der Waals surface area contributed by atoms with E-state index in [2.05, 4.69) is 29.7 Å². The Morgan fingerprint density at radius 2 is 1.67 bits per heavy atom. The smallest absolute Gasteiger partial charge is 0.242 e. The molecule has 144 valence electrons. The fraction of sp³-hybridized carbons (Fsp3) is 0.545. The summed E-state index contributed by atoms with van der Waals surface area (Å²) < 4.78 is 2.10. The number of para-hydroxylation sites is 1. The van der Waals surface area contributed by atoms with Gasteiger partial charge in [-0.25, -0.2) is 0 Å². The van der Waals surface area contributed by atoms with Crippen molar-refractivity contribution in [3.63, 3.8) is 0 Å². The molecule has 2 aliphatic rings. The van der Waals surface area contributed by atoms with Gasteiger partial charge in [-0.05, 0) is 56.5 Å². The molecule has 0 bridgehead atoms. The van der Waals surface area contributed by atoms with Crippen LogP contribution in [0.1, 0.15) is 37.8 Å². The minimum atomic E-state index is 0.0984. The van der Waals surface area contributed by atoms with E-state index >= 15 is 0 Å². The normalized spacial score (nSPS) is 18.9. The molecule has 4 rings (SSSR count). The lowest BCUT2D eigenvalue weighted by Crippen LogP contribution is -2.46. The number of hydrogen-bond acceptors (Lipinski definition) is 2. The number of rotatable bonds is 3. The van der Waals surface area contributed by atoms with Crippen LogP contribution in [-0.2, 0) is 16.1 Å². The summed E-state index contributed by atoms with van der Waals surface area (Å²) in [5.74, 6) is 0.568. The Hall–Kier alpha value is -2.30. The van der Waals surface area contributed by atoms with Crippen molar-refractivity contribution in [2.45, 2.75) is 45.6 Å². The number of aryl methyl sites for hydroxylation is 1. The van der Waals surface area contributed by atoms with Gasteiger partial charge in [-0.1, -0.05) is 18.2 Å². The molecule has 1 aromatic carbocycles. The molecule has 3 heterocycles. The molecule has 0 atom stereocenters. The number of benzene rings is 1. The van der Waals surface area contributed by atoms with E-state index < -0.39 is 0 Å². The number of aromatic nitrogens is 1. The van der Waals surface area contributed by atoms with E-state index in [4.69, 9.17) is 0 Å². The summed E-state index contributed by atoms with van der Waals surface area (Å²) in [5.41, 5.74) is 2.22. The van der Waals surface area contributed by atoms with E-state index in [0.717, 1.165) is 50.0 Å². The third-order valence-electron chi connectivity index (χ3n) is 6.18. The first-order valence-corrected chi connectivity index (χ1v) is 10.2. The Bertz CT molecular complexity index is 827. The van der Waals surface area contributed by atoms with Gasteiger partial charge in [0.25, 0.3) is 0 Å². The summed E-state index contributed by atoms with van der Waals surface area (Å²) in [6, 6.07) is 10.3. The molecule has 1 aromatic heterocycles. The monoisotopic (exact) mass is 367 g/mol. The van der Waals surface area contributed by atoms with Crippen molar-refractivity contribution in [2.24, 2.45) is 5.92 Å². The lowest BCUT2D eigenvalue weighted by atomic mass is 9.94. The Morgan fingerprint density at radius 3 is 2.41 bits per heavy atom. The maximum absolute atomic E-state index is 12.8. The predicted octanol–water partition coefficient (Wildman–Crippen LogP) is 3.20. The van der Waals surface area contributed by atoms with Crippen LogP contribution in [-0.4, -0.2) is 52.4 Å². The van der Waals surface area contributed by atoms with Gasteiger partial charge in [0.15, 0.2) is 0 Å². The highest BCUT2D eigenvalue weighted by Gasteiger charge is 2.30. The molecule has 0 spiro atoms. The van der Waals surface area contributed by atoms with Gasteiger partial charge in [0.05, 0.1) is 0 Å². The number of carbonyl (C=O) groups is 2. The van der Waals surface area contributed by atoms with E-state index in [-0.39, 0.29) is 11.8 Å². The average molecular weight is 367 g/mol. The molecule has 0 saturated carbocycles. The Labute approximate surface area is 160 Å². The second kappa shape index (κ2) is 7.75. The van der Waals surface area contributed by atoms with Gasteiger partial charge in [0.1, 0.15) is 6.54 Å². The van der Waals surface area contributed by atoms with Crippen LogP contribution < -0.4 is 0 Å².